The lowest BCUT2D eigenvalue weighted by molar-refractivity contribution is -0.124. The highest BCUT2D eigenvalue weighted by atomic mass is 35.5. The molecule has 2 N–H and O–H groups in total. The van der Waals surface area contributed by atoms with Crippen LogP contribution in [0.4, 0.5) is 0 Å². The van der Waals surface area contributed by atoms with Gasteiger partial charge in [0, 0.05) is 10.6 Å². The molecular formula is C21H18ClN3O2S. The van der Waals surface area contributed by atoms with E-state index < -0.39 is 5.41 Å². The summed E-state index contributed by atoms with van der Waals surface area (Å²) in [5.74, 6) is -0.578. The molecule has 0 bridgehead atoms. The van der Waals surface area contributed by atoms with Gasteiger partial charge in [-0.1, -0.05) is 54.1 Å². The number of hydrogen-bond acceptors (Lipinski definition) is 4. The van der Waals surface area contributed by atoms with Crippen molar-refractivity contribution in [2.24, 2.45) is 0 Å². The normalized spacial score (nSPS) is 14.4. The van der Waals surface area contributed by atoms with E-state index in [9.17, 15) is 9.59 Å². The monoisotopic (exact) mass is 411 g/mol. The van der Waals surface area contributed by atoms with Crippen molar-refractivity contribution in [2.45, 2.75) is 25.2 Å². The fourth-order valence-electron chi connectivity index (χ4n) is 3.14. The second-order valence-electron chi connectivity index (χ2n) is 6.80. The van der Waals surface area contributed by atoms with Crippen molar-refractivity contribution in [2.75, 3.05) is 0 Å². The molecule has 7 heteroatoms. The summed E-state index contributed by atoms with van der Waals surface area (Å²) in [5.41, 5.74) is 7.03. The van der Waals surface area contributed by atoms with Crippen molar-refractivity contribution < 1.29 is 9.59 Å². The molecule has 1 aliphatic rings. The van der Waals surface area contributed by atoms with Gasteiger partial charge in [0.1, 0.15) is 9.88 Å². The largest absolute Gasteiger partial charge is 0.281 e. The van der Waals surface area contributed by atoms with E-state index in [1.807, 2.05) is 42.5 Å². The molecule has 5 nitrogen and oxygen atoms in total. The average molecular weight is 412 g/mol. The Labute approximate surface area is 171 Å². The maximum atomic E-state index is 12.7. The van der Waals surface area contributed by atoms with Crippen LogP contribution in [-0.2, 0) is 10.2 Å². The van der Waals surface area contributed by atoms with Crippen LogP contribution in [0.5, 0.6) is 0 Å². The topological polar surface area (TPSA) is 71.1 Å². The Kier molecular flexibility index (Phi) is 4.91. The van der Waals surface area contributed by atoms with E-state index in [4.69, 9.17) is 11.6 Å². The number of aromatic nitrogens is 1. The van der Waals surface area contributed by atoms with Gasteiger partial charge >= 0.3 is 0 Å². The van der Waals surface area contributed by atoms with Crippen molar-refractivity contribution >= 4 is 34.8 Å². The number of hydrogen-bond donors (Lipinski definition) is 2. The van der Waals surface area contributed by atoms with Crippen LogP contribution in [0.1, 0.15) is 33.8 Å². The van der Waals surface area contributed by atoms with Gasteiger partial charge < -0.3 is 0 Å². The van der Waals surface area contributed by atoms with Crippen LogP contribution in [0.2, 0.25) is 5.02 Å². The fourth-order valence-corrected chi connectivity index (χ4v) is 4.23. The molecule has 28 heavy (non-hydrogen) atoms. The first kappa shape index (κ1) is 18.7. The van der Waals surface area contributed by atoms with Gasteiger partial charge in [-0.2, -0.15) is 0 Å². The minimum atomic E-state index is -0.587. The molecule has 3 aromatic rings. The second kappa shape index (κ2) is 7.37. The van der Waals surface area contributed by atoms with Crippen molar-refractivity contribution in [3.8, 4) is 10.6 Å². The van der Waals surface area contributed by atoms with E-state index in [1.54, 1.807) is 19.1 Å². The molecule has 0 aliphatic heterocycles. The first-order valence-electron chi connectivity index (χ1n) is 8.89. The summed E-state index contributed by atoms with van der Waals surface area (Å²) in [6.07, 6.45) is 1.49. The Morgan fingerprint density at radius 3 is 2.36 bits per heavy atom. The third-order valence-corrected chi connectivity index (χ3v) is 6.35. The van der Waals surface area contributed by atoms with Gasteiger partial charge in [-0.05, 0) is 37.5 Å². The maximum absolute atomic E-state index is 12.7. The van der Waals surface area contributed by atoms with Crippen LogP contribution in [0, 0.1) is 6.92 Å². The van der Waals surface area contributed by atoms with Crippen LogP contribution in [0.25, 0.3) is 10.6 Å². The van der Waals surface area contributed by atoms with Crippen molar-refractivity contribution in [3.63, 3.8) is 0 Å². The summed E-state index contributed by atoms with van der Waals surface area (Å²) in [4.78, 5) is 30.2. The maximum Gasteiger partial charge on any atom is 0.281 e. The van der Waals surface area contributed by atoms with E-state index >= 15 is 0 Å². The number of nitrogens with zero attached hydrogens (tertiary/aromatic N) is 1. The minimum absolute atomic E-state index is 0.214. The van der Waals surface area contributed by atoms with Gasteiger partial charge in [-0.25, -0.2) is 4.98 Å². The molecule has 1 heterocycles. The molecule has 0 unspecified atom stereocenters. The average Bonchev–Trinajstić information content (AvgIpc) is 3.43. The Morgan fingerprint density at radius 2 is 1.71 bits per heavy atom. The lowest BCUT2D eigenvalue weighted by Crippen LogP contribution is -2.46. The van der Waals surface area contributed by atoms with E-state index in [0.717, 1.165) is 29.0 Å². The van der Waals surface area contributed by atoms with Gasteiger partial charge in [0.05, 0.1) is 11.1 Å². The zero-order chi connectivity index (χ0) is 19.7. The number of nitrogens with one attached hydrogen (secondary N) is 2. The first-order chi connectivity index (χ1) is 13.5. The summed E-state index contributed by atoms with van der Waals surface area (Å²) in [6, 6.07) is 16.9. The number of carbonyl (C=O) groups is 2. The molecule has 1 saturated carbocycles. The zero-order valence-electron chi connectivity index (χ0n) is 15.2. The van der Waals surface area contributed by atoms with E-state index in [2.05, 4.69) is 15.8 Å². The number of benzene rings is 2. The number of halogens is 1. The predicted molar refractivity (Wildman–Crippen MR) is 110 cm³/mol. The van der Waals surface area contributed by atoms with Crippen LogP contribution < -0.4 is 10.9 Å². The lowest BCUT2D eigenvalue weighted by Gasteiger charge is -2.16. The highest BCUT2D eigenvalue weighted by Crippen LogP contribution is 2.48. The van der Waals surface area contributed by atoms with Gasteiger partial charge in [0.25, 0.3) is 5.91 Å². The zero-order valence-corrected chi connectivity index (χ0v) is 16.7. The third kappa shape index (κ3) is 3.53. The summed E-state index contributed by atoms with van der Waals surface area (Å²) in [7, 11) is 0. The van der Waals surface area contributed by atoms with Crippen LogP contribution >= 0.6 is 22.9 Å². The standard InChI is InChI=1S/C21H18ClN3O2S/c1-13-17(28-19(23-13)14-5-3-2-4-6-14)18(26)24-25-20(27)21(11-12-21)15-7-9-16(22)10-8-15/h2-10H,11-12H2,1H3,(H,24,26)(H,25,27). The van der Waals surface area contributed by atoms with Crippen LogP contribution in [-0.4, -0.2) is 16.8 Å². The predicted octanol–water partition coefficient (Wildman–Crippen LogP) is 4.26. The van der Waals surface area contributed by atoms with E-state index in [0.29, 0.717) is 15.6 Å². The van der Waals surface area contributed by atoms with Gasteiger partial charge in [-0.15, -0.1) is 11.3 Å². The van der Waals surface area contributed by atoms with Gasteiger partial charge in [-0.3, -0.25) is 20.4 Å². The summed E-state index contributed by atoms with van der Waals surface area (Å²) in [5, 5.41) is 1.40. The van der Waals surface area contributed by atoms with Crippen LogP contribution in [0.3, 0.4) is 0 Å². The van der Waals surface area contributed by atoms with Crippen molar-refractivity contribution in [1.82, 2.24) is 15.8 Å². The highest BCUT2D eigenvalue weighted by molar-refractivity contribution is 7.17. The molecule has 0 saturated heterocycles. The Bertz CT molecular complexity index is 1030. The Hall–Kier alpha value is -2.70. The summed E-state index contributed by atoms with van der Waals surface area (Å²) >= 11 is 7.24. The molecule has 142 valence electrons. The van der Waals surface area contributed by atoms with Crippen molar-refractivity contribution in [1.29, 1.82) is 0 Å². The molecule has 2 amide bonds. The number of amides is 2. The number of thiazole rings is 1. The Balaban J connectivity index is 1.44. The number of aryl methyl sites for hydroxylation is 1. The molecule has 4 rings (SSSR count). The second-order valence-corrected chi connectivity index (χ2v) is 8.23. The Morgan fingerprint density at radius 1 is 1.04 bits per heavy atom. The quantitative estimate of drug-likeness (QED) is 0.630. The fraction of sp³-hybridized carbons (Fsp3) is 0.190. The molecular weight excluding hydrogens is 394 g/mol. The lowest BCUT2D eigenvalue weighted by atomic mass is 9.95. The number of rotatable bonds is 4. The molecule has 2 aromatic carbocycles. The van der Waals surface area contributed by atoms with Gasteiger partial charge in [0.2, 0.25) is 5.91 Å². The molecule has 0 atom stereocenters. The number of carbonyl (C=O) groups excluding carboxylic acids is 2. The molecule has 0 spiro atoms. The first-order valence-corrected chi connectivity index (χ1v) is 10.1. The summed E-state index contributed by atoms with van der Waals surface area (Å²) < 4.78 is 0. The smallest absolute Gasteiger partial charge is 0.272 e. The highest BCUT2D eigenvalue weighted by Gasteiger charge is 2.51. The van der Waals surface area contributed by atoms with Crippen molar-refractivity contribution in [3.05, 3.63) is 75.8 Å². The third-order valence-electron chi connectivity index (χ3n) is 4.89. The van der Waals surface area contributed by atoms with E-state index in [1.165, 1.54) is 11.3 Å². The van der Waals surface area contributed by atoms with Gasteiger partial charge in [0.15, 0.2) is 0 Å². The number of hydrazine groups is 1. The molecule has 1 aromatic heterocycles. The SMILES string of the molecule is Cc1nc(-c2ccccc2)sc1C(=O)NNC(=O)C1(c2ccc(Cl)cc2)CC1. The molecule has 1 fully saturated rings. The van der Waals surface area contributed by atoms with Crippen LogP contribution in [0.15, 0.2) is 54.6 Å². The molecule has 0 radical (unpaired) electrons. The minimum Gasteiger partial charge on any atom is -0.272 e. The molecule has 1 aliphatic carbocycles. The summed E-state index contributed by atoms with van der Waals surface area (Å²) in [6.45, 7) is 1.79. The van der Waals surface area contributed by atoms with E-state index in [-0.39, 0.29) is 11.8 Å².